The van der Waals surface area contributed by atoms with Gasteiger partial charge >= 0.3 is 0 Å². The Labute approximate surface area is 207 Å². The summed E-state index contributed by atoms with van der Waals surface area (Å²) in [6, 6.07) is 11.3. The molecule has 1 fully saturated rings. The number of aryl methyl sites for hydroxylation is 1. The van der Waals surface area contributed by atoms with E-state index < -0.39 is 0 Å². The number of thiocarbonyl (C=S) groups is 1. The summed E-state index contributed by atoms with van der Waals surface area (Å²) >= 11 is 6.52. The number of rotatable bonds is 7. The van der Waals surface area contributed by atoms with Crippen LogP contribution >= 0.6 is 24.0 Å². The third-order valence-corrected chi connectivity index (χ3v) is 6.78. The molecule has 0 bridgehead atoms. The highest BCUT2D eigenvalue weighted by Gasteiger charge is 2.32. The number of hydrogen-bond donors (Lipinski definition) is 0. The van der Waals surface area contributed by atoms with Crippen LogP contribution in [0.3, 0.4) is 0 Å². The molecule has 176 valence electrons. The zero-order valence-corrected chi connectivity index (χ0v) is 21.0. The minimum Gasteiger partial charge on any atom is -0.438 e. The van der Waals surface area contributed by atoms with Gasteiger partial charge in [-0.15, -0.1) is 0 Å². The molecule has 1 aromatic carbocycles. The lowest BCUT2D eigenvalue weighted by Gasteiger charge is -2.16. The standard InChI is InChI=1S/C25H25N3O4S2/c1-15(2)17-9-8-16(3)13-19(17)32-22-18(23(29)27-10-6-5-7-21(27)26-22)14-20-24(30)28(11-12-31-4)25(33)34-20/h5-10,13-15H,11-12H2,1-4H3/b20-14+. The minimum absolute atomic E-state index is 0.144. The van der Waals surface area contributed by atoms with Crippen LogP contribution in [-0.2, 0) is 9.53 Å². The number of amides is 1. The minimum atomic E-state index is -0.332. The molecule has 34 heavy (non-hydrogen) atoms. The maximum absolute atomic E-state index is 13.5. The summed E-state index contributed by atoms with van der Waals surface area (Å²) in [5, 5.41) is 0. The van der Waals surface area contributed by atoms with E-state index in [9.17, 15) is 9.59 Å². The molecule has 0 aliphatic carbocycles. The third kappa shape index (κ3) is 4.77. The van der Waals surface area contributed by atoms with Crippen LogP contribution in [0, 0.1) is 6.92 Å². The number of aromatic nitrogens is 2. The second-order valence-electron chi connectivity index (χ2n) is 8.19. The van der Waals surface area contributed by atoms with Gasteiger partial charge in [0.2, 0.25) is 5.88 Å². The molecule has 0 saturated carbocycles. The van der Waals surface area contributed by atoms with Gasteiger partial charge < -0.3 is 9.47 Å². The predicted octanol–water partition coefficient (Wildman–Crippen LogP) is 4.77. The van der Waals surface area contributed by atoms with Crippen molar-refractivity contribution in [1.82, 2.24) is 14.3 Å². The first-order valence-electron chi connectivity index (χ1n) is 10.8. The van der Waals surface area contributed by atoms with Crippen LogP contribution in [-0.4, -0.2) is 44.8 Å². The largest absolute Gasteiger partial charge is 0.438 e. The summed E-state index contributed by atoms with van der Waals surface area (Å²) in [6.45, 7) is 6.84. The van der Waals surface area contributed by atoms with E-state index in [-0.39, 0.29) is 28.8 Å². The number of nitrogens with zero attached hydrogens (tertiary/aromatic N) is 3. The smallest absolute Gasteiger partial charge is 0.269 e. The van der Waals surface area contributed by atoms with Gasteiger partial charge in [0.1, 0.15) is 21.3 Å². The average molecular weight is 496 g/mol. The molecule has 9 heteroatoms. The van der Waals surface area contributed by atoms with E-state index in [0.717, 1.165) is 22.9 Å². The highest BCUT2D eigenvalue weighted by atomic mass is 32.2. The number of hydrogen-bond acceptors (Lipinski definition) is 7. The van der Waals surface area contributed by atoms with Crippen molar-refractivity contribution in [3.05, 3.63) is 74.5 Å². The second-order valence-corrected chi connectivity index (χ2v) is 9.86. The van der Waals surface area contributed by atoms with Crippen molar-refractivity contribution in [1.29, 1.82) is 0 Å². The van der Waals surface area contributed by atoms with Gasteiger partial charge in [0.25, 0.3) is 11.5 Å². The van der Waals surface area contributed by atoms with Gasteiger partial charge in [-0.2, -0.15) is 4.98 Å². The van der Waals surface area contributed by atoms with Gasteiger partial charge in [-0.25, -0.2) is 0 Å². The molecule has 0 spiro atoms. The number of benzene rings is 1. The summed E-state index contributed by atoms with van der Waals surface area (Å²) in [4.78, 5) is 32.9. The molecule has 3 heterocycles. The number of fused-ring (bicyclic) bond motifs is 1. The fraction of sp³-hybridized carbons (Fsp3) is 0.280. The molecule has 1 aliphatic heterocycles. The summed E-state index contributed by atoms with van der Waals surface area (Å²) in [5.41, 5.74) is 2.33. The second kappa shape index (κ2) is 10.1. The highest BCUT2D eigenvalue weighted by molar-refractivity contribution is 8.26. The van der Waals surface area contributed by atoms with Crippen molar-refractivity contribution in [2.45, 2.75) is 26.7 Å². The Balaban J connectivity index is 1.85. The highest BCUT2D eigenvalue weighted by Crippen LogP contribution is 2.35. The molecule has 2 aromatic heterocycles. The zero-order chi connectivity index (χ0) is 24.4. The van der Waals surface area contributed by atoms with Gasteiger partial charge in [0.15, 0.2) is 0 Å². The van der Waals surface area contributed by atoms with Crippen molar-refractivity contribution in [2.24, 2.45) is 0 Å². The van der Waals surface area contributed by atoms with Crippen molar-refractivity contribution < 1.29 is 14.3 Å². The molecular weight excluding hydrogens is 470 g/mol. The molecule has 3 aromatic rings. The summed E-state index contributed by atoms with van der Waals surface area (Å²) in [7, 11) is 1.56. The first kappa shape index (κ1) is 24.1. The number of ether oxygens (including phenoxy) is 2. The number of carbonyl (C=O) groups excluding carboxylic acids is 1. The Morgan fingerprint density at radius 1 is 1.21 bits per heavy atom. The van der Waals surface area contributed by atoms with Crippen molar-refractivity contribution in [2.75, 3.05) is 20.3 Å². The van der Waals surface area contributed by atoms with E-state index in [1.807, 2.05) is 25.1 Å². The van der Waals surface area contributed by atoms with E-state index in [1.165, 1.54) is 15.4 Å². The Morgan fingerprint density at radius 2 is 2.00 bits per heavy atom. The number of pyridine rings is 1. The van der Waals surface area contributed by atoms with Crippen LogP contribution in [0.15, 0.2) is 52.3 Å². The van der Waals surface area contributed by atoms with Crippen LogP contribution in [0.1, 0.15) is 36.5 Å². The Kier molecular flexibility index (Phi) is 7.16. The summed E-state index contributed by atoms with van der Waals surface area (Å²) in [6.07, 6.45) is 3.17. The predicted molar refractivity (Wildman–Crippen MR) is 139 cm³/mol. The fourth-order valence-electron chi connectivity index (χ4n) is 3.60. The van der Waals surface area contributed by atoms with Crippen LogP contribution in [0.4, 0.5) is 0 Å². The molecular formula is C25H25N3O4S2. The molecule has 4 rings (SSSR count). The molecule has 1 saturated heterocycles. The first-order valence-corrected chi connectivity index (χ1v) is 12.1. The van der Waals surface area contributed by atoms with Crippen LogP contribution in [0.2, 0.25) is 0 Å². The third-order valence-electron chi connectivity index (χ3n) is 5.40. The monoisotopic (exact) mass is 495 g/mol. The van der Waals surface area contributed by atoms with Crippen LogP contribution < -0.4 is 10.3 Å². The van der Waals surface area contributed by atoms with E-state index in [0.29, 0.717) is 33.8 Å². The number of methoxy groups -OCH3 is 1. The molecule has 0 radical (unpaired) electrons. The maximum atomic E-state index is 13.5. The lowest BCUT2D eigenvalue weighted by molar-refractivity contribution is -0.122. The number of thioether (sulfide) groups is 1. The lowest BCUT2D eigenvalue weighted by atomic mass is 10.0. The molecule has 7 nitrogen and oxygen atoms in total. The zero-order valence-electron chi connectivity index (χ0n) is 19.4. The van der Waals surface area contributed by atoms with Gasteiger partial charge in [0.05, 0.1) is 18.1 Å². The van der Waals surface area contributed by atoms with Gasteiger partial charge in [-0.1, -0.05) is 56.0 Å². The van der Waals surface area contributed by atoms with Gasteiger partial charge in [-0.05, 0) is 48.2 Å². The first-order chi connectivity index (χ1) is 16.3. The summed E-state index contributed by atoms with van der Waals surface area (Å²) < 4.78 is 13.2. The van der Waals surface area contributed by atoms with Crippen molar-refractivity contribution in [3.63, 3.8) is 0 Å². The molecule has 1 amide bonds. The number of carbonyl (C=O) groups is 1. The molecule has 0 unspecified atom stereocenters. The van der Waals surface area contributed by atoms with Crippen molar-refractivity contribution >= 4 is 45.9 Å². The Bertz CT molecular complexity index is 1360. The van der Waals surface area contributed by atoms with Crippen LogP contribution in [0.25, 0.3) is 11.7 Å². The van der Waals surface area contributed by atoms with E-state index >= 15 is 0 Å². The maximum Gasteiger partial charge on any atom is 0.269 e. The lowest BCUT2D eigenvalue weighted by Crippen LogP contribution is -2.31. The van der Waals surface area contributed by atoms with E-state index in [2.05, 4.69) is 18.8 Å². The quantitative estimate of drug-likeness (QED) is 0.345. The molecule has 1 aliphatic rings. The normalized spacial score (nSPS) is 15.2. The molecule has 0 atom stereocenters. The SMILES string of the molecule is COCCN1C(=O)/C(=C\c2c(Oc3cc(C)ccc3C(C)C)nc3ccccn3c2=O)SC1=S. The Hall–Kier alpha value is -3.01. The topological polar surface area (TPSA) is 73.1 Å². The molecule has 0 N–H and O–H groups in total. The van der Waals surface area contributed by atoms with Gasteiger partial charge in [0, 0.05) is 13.3 Å². The fourth-order valence-corrected chi connectivity index (χ4v) is 4.89. The van der Waals surface area contributed by atoms with E-state index in [1.54, 1.807) is 31.5 Å². The van der Waals surface area contributed by atoms with Crippen molar-refractivity contribution in [3.8, 4) is 11.6 Å². The average Bonchev–Trinajstić information content (AvgIpc) is 3.07. The van der Waals surface area contributed by atoms with Crippen LogP contribution in [0.5, 0.6) is 11.6 Å². The Morgan fingerprint density at radius 3 is 2.74 bits per heavy atom. The summed E-state index contributed by atoms with van der Waals surface area (Å²) in [5.74, 6) is 0.710. The van der Waals surface area contributed by atoms with E-state index in [4.69, 9.17) is 21.7 Å². The van der Waals surface area contributed by atoms with Gasteiger partial charge in [-0.3, -0.25) is 18.9 Å².